The van der Waals surface area contributed by atoms with Crippen LogP contribution in [-0.2, 0) is 14.8 Å². The van der Waals surface area contributed by atoms with Crippen molar-refractivity contribution < 1.29 is 30.8 Å². The van der Waals surface area contributed by atoms with Gasteiger partial charge in [0.1, 0.15) is 0 Å². The van der Waals surface area contributed by atoms with Gasteiger partial charge in [0, 0.05) is 26.1 Å². The van der Waals surface area contributed by atoms with Gasteiger partial charge in [-0.2, -0.15) is 4.31 Å². The fourth-order valence-electron chi connectivity index (χ4n) is 3.60. The molecule has 3 rings (SSSR count). The van der Waals surface area contributed by atoms with Crippen LogP contribution in [0.25, 0.3) is 0 Å². The Balaban J connectivity index is 1.66. The third-order valence-electron chi connectivity index (χ3n) is 5.69. The predicted molar refractivity (Wildman–Crippen MR) is 105 cm³/mol. The van der Waals surface area contributed by atoms with Gasteiger partial charge >= 0.3 is 0 Å². The molecular weight excluding hydrogens is 436 g/mol. The first-order chi connectivity index (χ1) is 14.5. The molecule has 31 heavy (non-hydrogen) atoms. The van der Waals surface area contributed by atoms with E-state index in [9.17, 15) is 30.8 Å². The zero-order valence-electron chi connectivity index (χ0n) is 17.0. The summed E-state index contributed by atoms with van der Waals surface area (Å²) in [4.78, 5) is 14.0. The maximum Gasteiger partial charge on any atom is 0.243 e. The van der Waals surface area contributed by atoms with Gasteiger partial charge in [0.2, 0.25) is 15.9 Å². The van der Waals surface area contributed by atoms with Crippen molar-refractivity contribution in [2.45, 2.75) is 30.7 Å². The van der Waals surface area contributed by atoms with E-state index in [0.29, 0.717) is 11.6 Å². The summed E-state index contributed by atoms with van der Waals surface area (Å²) in [7, 11) is -2.46. The average molecular weight is 458 g/mol. The zero-order valence-corrected chi connectivity index (χ0v) is 17.8. The summed E-state index contributed by atoms with van der Waals surface area (Å²) < 4.78 is 79.7. The second-order valence-electron chi connectivity index (χ2n) is 7.55. The van der Waals surface area contributed by atoms with Crippen molar-refractivity contribution in [3.05, 3.63) is 65.2 Å². The number of amides is 1. The Bertz CT molecular complexity index is 1090. The molecule has 0 aliphatic carbocycles. The molecule has 2 aromatic rings. The molecule has 1 saturated heterocycles. The van der Waals surface area contributed by atoms with Crippen molar-refractivity contribution in [1.82, 2.24) is 9.21 Å². The molecule has 0 bridgehead atoms. The number of rotatable bonds is 5. The van der Waals surface area contributed by atoms with Crippen LogP contribution in [-0.4, -0.2) is 43.7 Å². The molecular formula is C21H22F4N2O3S. The summed E-state index contributed by atoms with van der Waals surface area (Å²) in [6, 6.07) is 5.34. The van der Waals surface area contributed by atoms with Crippen LogP contribution >= 0.6 is 0 Å². The topological polar surface area (TPSA) is 57.7 Å². The van der Waals surface area contributed by atoms with Gasteiger partial charge in [-0.25, -0.2) is 26.0 Å². The van der Waals surface area contributed by atoms with Crippen LogP contribution in [0.3, 0.4) is 0 Å². The molecule has 1 unspecified atom stereocenters. The second kappa shape index (κ2) is 8.96. The molecule has 1 fully saturated rings. The molecule has 5 nitrogen and oxygen atoms in total. The lowest BCUT2D eigenvalue weighted by molar-refractivity contribution is -0.137. The lowest BCUT2D eigenvalue weighted by Gasteiger charge is -2.34. The highest BCUT2D eigenvalue weighted by molar-refractivity contribution is 7.89. The summed E-state index contributed by atoms with van der Waals surface area (Å²) in [6.07, 6.45) is 0.493. The van der Waals surface area contributed by atoms with Gasteiger partial charge in [-0.3, -0.25) is 4.79 Å². The quantitative estimate of drug-likeness (QED) is 0.640. The van der Waals surface area contributed by atoms with Crippen LogP contribution in [0.4, 0.5) is 17.6 Å². The summed E-state index contributed by atoms with van der Waals surface area (Å²) in [5.41, 5.74) is 0.438. The minimum atomic E-state index is -4.01. The Kier molecular flexibility index (Phi) is 6.70. The van der Waals surface area contributed by atoms with Crippen molar-refractivity contribution in [1.29, 1.82) is 0 Å². The van der Waals surface area contributed by atoms with Gasteiger partial charge in [-0.1, -0.05) is 6.07 Å². The van der Waals surface area contributed by atoms with Gasteiger partial charge in [0.05, 0.1) is 10.9 Å². The summed E-state index contributed by atoms with van der Waals surface area (Å²) in [5.74, 6) is -5.04. The van der Waals surface area contributed by atoms with Gasteiger partial charge in [-0.15, -0.1) is 0 Å². The molecule has 168 valence electrons. The van der Waals surface area contributed by atoms with Crippen LogP contribution in [0, 0.1) is 29.2 Å². The lowest BCUT2D eigenvalue weighted by atomic mass is 9.95. The highest BCUT2D eigenvalue weighted by Crippen LogP contribution is 2.28. The van der Waals surface area contributed by atoms with E-state index in [-0.39, 0.29) is 36.7 Å². The SMILES string of the molecule is CC(c1ccc(F)c(F)c1)N(C)C(=O)C1CCN(S(=O)(=O)c2ccc(F)c(F)c2)CC1. The minimum Gasteiger partial charge on any atom is -0.339 e. The molecule has 1 amide bonds. The first-order valence-corrected chi connectivity index (χ1v) is 11.1. The maximum absolute atomic E-state index is 13.5. The first kappa shape index (κ1) is 23.2. The van der Waals surface area contributed by atoms with Gasteiger partial charge in [0.15, 0.2) is 23.3 Å². The summed E-state index contributed by atoms with van der Waals surface area (Å²) in [6.45, 7) is 1.78. The number of hydrogen-bond acceptors (Lipinski definition) is 3. The number of halogens is 4. The number of carbonyl (C=O) groups is 1. The first-order valence-electron chi connectivity index (χ1n) is 9.69. The molecule has 2 aromatic carbocycles. The number of piperidine rings is 1. The van der Waals surface area contributed by atoms with Crippen molar-refractivity contribution in [2.24, 2.45) is 5.92 Å². The highest BCUT2D eigenvalue weighted by Gasteiger charge is 2.34. The Hall–Kier alpha value is -2.46. The molecule has 0 radical (unpaired) electrons. The van der Waals surface area contributed by atoms with Crippen molar-refractivity contribution >= 4 is 15.9 Å². The summed E-state index contributed by atoms with van der Waals surface area (Å²) in [5, 5.41) is 0. The molecule has 10 heteroatoms. The van der Waals surface area contributed by atoms with E-state index in [1.54, 1.807) is 14.0 Å². The van der Waals surface area contributed by atoms with Crippen LogP contribution in [0.2, 0.25) is 0 Å². The standard InChI is InChI=1S/C21H22F4N2O3S/c1-13(15-3-5-17(22)19(24)11-15)26(2)21(28)14-7-9-27(10-8-14)31(29,30)16-4-6-18(23)20(25)12-16/h3-6,11-14H,7-10H2,1-2H3. The van der Waals surface area contributed by atoms with Crippen LogP contribution in [0.15, 0.2) is 41.3 Å². The van der Waals surface area contributed by atoms with Crippen molar-refractivity contribution in [2.75, 3.05) is 20.1 Å². The van der Waals surface area contributed by atoms with E-state index in [4.69, 9.17) is 0 Å². The third-order valence-corrected chi connectivity index (χ3v) is 7.58. The molecule has 1 atom stereocenters. The minimum absolute atomic E-state index is 0.0468. The van der Waals surface area contributed by atoms with Crippen LogP contribution < -0.4 is 0 Å². The molecule has 1 aliphatic rings. The average Bonchev–Trinajstić information content (AvgIpc) is 2.76. The van der Waals surface area contributed by atoms with E-state index in [1.165, 1.54) is 11.0 Å². The van der Waals surface area contributed by atoms with E-state index in [0.717, 1.165) is 28.6 Å². The van der Waals surface area contributed by atoms with Crippen LogP contribution in [0.5, 0.6) is 0 Å². The Morgan fingerprint density at radius 1 is 0.968 bits per heavy atom. The fourth-order valence-corrected chi connectivity index (χ4v) is 5.09. The normalized spacial score (nSPS) is 16.8. The Morgan fingerprint density at radius 3 is 2.06 bits per heavy atom. The highest BCUT2D eigenvalue weighted by atomic mass is 32.2. The predicted octanol–water partition coefficient (Wildman–Crippen LogP) is 3.86. The summed E-state index contributed by atoms with van der Waals surface area (Å²) >= 11 is 0. The molecule has 0 aromatic heterocycles. The van der Waals surface area contributed by atoms with Crippen LogP contribution in [0.1, 0.15) is 31.4 Å². The number of sulfonamides is 1. The molecule has 0 spiro atoms. The monoisotopic (exact) mass is 458 g/mol. The molecule has 1 heterocycles. The van der Waals surface area contributed by atoms with Gasteiger partial charge < -0.3 is 4.90 Å². The van der Waals surface area contributed by atoms with Gasteiger partial charge in [-0.05, 0) is 55.7 Å². The Morgan fingerprint density at radius 2 is 1.52 bits per heavy atom. The largest absolute Gasteiger partial charge is 0.339 e. The third kappa shape index (κ3) is 4.74. The molecule has 1 aliphatic heterocycles. The van der Waals surface area contributed by atoms with Crippen molar-refractivity contribution in [3.8, 4) is 0 Å². The number of hydrogen-bond donors (Lipinski definition) is 0. The lowest BCUT2D eigenvalue weighted by Crippen LogP contribution is -2.44. The van der Waals surface area contributed by atoms with E-state index in [2.05, 4.69) is 0 Å². The van der Waals surface area contributed by atoms with E-state index < -0.39 is 45.3 Å². The second-order valence-corrected chi connectivity index (χ2v) is 9.49. The van der Waals surface area contributed by atoms with E-state index >= 15 is 0 Å². The Labute approximate surface area is 178 Å². The maximum atomic E-state index is 13.5. The zero-order chi connectivity index (χ0) is 22.9. The fraction of sp³-hybridized carbons (Fsp3) is 0.381. The van der Waals surface area contributed by atoms with Crippen molar-refractivity contribution in [3.63, 3.8) is 0 Å². The number of benzene rings is 2. The number of nitrogens with zero attached hydrogens (tertiary/aromatic N) is 2. The van der Waals surface area contributed by atoms with E-state index in [1.807, 2.05) is 0 Å². The smallest absolute Gasteiger partial charge is 0.243 e. The molecule has 0 N–H and O–H groups in total. The molecule has 0 saturated carbocycles. The number of carbonyl (C=O) groups excluding carboxylic acids is 1. The van der Waals surface area contributed by atoms with Gasteiger partial charge in [0.25, 0.3) is 0 Å².